The first-order chi connectivity index (χ1) is 7.70. The van der Waals surface area contributed by atoms with Gasteiger partial charge in [0.15, 0.2) is 0 Å². The lowest BCUT2D eigenvalue weighted by molar-refractivity contribution is 0.0952. The van der Waals surface area contributed by atoms with Crippen LogP contribution in [0, 0.1) is 0 Å². The zero-order chi connectivity index (χ0) is 12.0. The second kappa shape index (κ2) is 5.97. The van der Waals surface area contributed by atoms with Gasteiger partial charge in [-0.2, -0.15) is 0 Å². The minimum Gasteiger partial charge on any atom is -0.495 e. The van der Waals surface area contributed by atoms with Crippen molar-refractivity contribution in [2.24, 2.45) is 0 Å². The number of anilines is 1. The number of ether oxygens (including phenoxy) is 1. The summed E-state index contributed by atoms with van der Waals surface area (Å²) in [6.45, 7) is 0.472. The molecule has 0 unspecified atom stereocenters. The molecular weight excluding hydrogens is 208 g/mol. The molecule has 5 heteroatoms. The van der Waals surface area contributed by atoms with Gasteiger partial charge in [0.1, 0.15) is 5.75 Å². The molecule has 0 saturated carbocycles. The first-order valence-electron chi connectivity index (χ1n) is 5.02. The van der Waals surface area contributed by atoms with Crippen LogP contribution < -0.4 is 15.8 Å². The molecule has 0 radical (unpaired) electrons. The molecule has 1 aromatic carbocycles. The zero-order valence-electron chi connectivity index (χ0n) is 9.19. The molecule has 0 aromatic heterocycles. The van der Waals surface area contributed by atoms with E-state index in [2.05, 4.69) is 5.32 Å². The number of para-hydroxylation sites is 1. The van der Waals surface area contributed by atoms with E-state index in [1.54, 1.807) is 18.2 Å². The molecule has 4 N–H and O–H groups in total. The van der Waals surface area contributed by atoms with Crippen molar-refractivity contribution in [3.05, 3.63) is 23.8 Å². The molecule has 0 spiro atoms. The van der Waals surface area contributed by atoms with Gasteiger partial charge in [-0.3, -0.25) is 4.79 Å². The fourth-order valence-corrected chi connectivity index (χ4v) is 1.30. The van der Waals surface area contributed by atoms with Gasteiger partial charge < -0.3 is 20.9 Å². The Morgan fingerprint density at radius 2 is 2.31 bits per heavy atom. The van der Waals surface area contributed by atoms with Crippen molar-refractivity contribution in [1.29, 1.82) is 0 Å². The molecule has 0 atom stereocenters. The lowest BCUT2D eigenvalue weighted by Crippen LogP contribution is -2.25. The fourth-order valence-electron chi connectivity index (χ4n) is 1.30. The lowest BCUT2D eigenvalue weighted by atomic mass is 10.1. The van der Waals surface area contributed by atoms with Gasteiger partial charge in [-0.25, -0.2) is 0 Å². The smallest absolute Gasteiger partial charge is 0.253 e. The van der Waals surface area contributed by atoms with E-state index in [-0.39, 0.29) is 12.5 Å². The minimum absolute atomic E-state index is 0.0495. The maximum absolute atomic E-state index is 11.7. The summed E-state index contributed by atoms with van der Waals surface area (Å²) in [5.74, 6) is 0.222. The third-order valence-electron chi connectivity index (χ3n) is 2.15. The van der Waals surface area contributed by atoms with E-state index in [0.29, 0.717) is 30.0 Å². The number of hydrogen-bond acceptors (Lipinski definition) is 4. The molecule has 0 heterocycles. The van der Waals surface area contributed by atoms with Crippen LogP contribution in [0.15, 0.2) is 18.2 Å². The number of carbonyl (C=O) groups is 1. The van der Waals surface area contributed by atoms with Crippen LogP contribution in [0.2, 0.25) is 0 Å². The Morgan fingerprint density at radius 3 is 2.94 bits per heavy atom. The van der Waals surface area contributed by atoms with E-state index in [1.807, 2.05) is 0 Å². The number of carbonyl (C=O) groups excluding carboxylic acids is 1. The monoisotopic (exact) mass is 224 g/mol. The molecule has 0 bridgehead atoms. The molecule has 0 aliphatic carbocycles. The van der Waals surface area contributed by atoms with Gasteiger partial charge >= 0.3 is 0 Å². The molecule has 5 nitrogen and oxygen atoms in total. The summed E-state index contributed by atoms with van der Waals surface area (Å²) in [6.07, 6.45) is 0.523. The Hall–Kier alpha value is -1.75. The molecule has 0 saturated heterocycles. The van der Waals surface area contributed by atoms with Crippen molar-refractivity contribution in [1.82, 2.24) is 5.32 Å². The van der Waals surface area contributed by atoms with Gasteiger partial charge in [-0.1, -0.05) is 6.07 Å². The van der Waals surface area contributed by atoms with Gasteiger partial charge in [-0.05, 0) is 18.6 Å². The van der Waals surface area contributed by atoms with E-state index in [9.17, 15) is 4.79 Å². The Morgan fingerprint density at radius 1 is 1.56 bits per heavy atom. The number of nitrogen functional groups attached to an aromatic ring is 1. The topological polar surface area (TPSA) is 84.6 Å². The summed E-state index contributed by atoms with van der Waals surface area (Å²) in [4.78, 5) is 11.7. The van der Waals surface area contributed by atoms with Crippen molar-refractivity contribution in [2.75, 3.05) is 26.0 Å². The van der Waals surface area contributed by atoms with E-state index < -0.39 is 0 Å². The van der Waals surface area contributed by atoms with Crippen molar-refractivity contribution < 1.29 is 14.6 Å². The summed E-state index contributed by atoms with van der Waals surface area (Å²) in [7, 11) is 1.50. The number of hydrogen-bond donors (Lipinski definition) is 3. The first kappa shape index (κ1) is 12.3. The van der Waals surface area contributed by atoms with Crippen LogP contribution >= 0.6 is 0 Å². The summed E-state index contributed by atoms with van der Waals surface area (Å²) in [6, 6.07) is 5.03. The van der Waals surface area contributed by atoms with Gasteiger partial charge in [0.25, 0.3) is 5.91 Å². The third-order valence-corrected chi connectivity index (χ3v) is 2.15. The van der Waals surface area contributed by atoms with Crippen molar-refractivity contribution >= 4 is 11.6 Å². The maximum atomic E-state index is 11.7. The largest absolute Gasteiger partial charge is 0.495 e. The van der Waals surface area contributed by atoms with Crippen LogP contribution in [0.4, 0.5) is 5.69 Å². The molecule has 1 aromatic rings. The van der Waals surface area contributed by atoms with Crippen LogP contribution in [0.1, 0.15) is 16.8 Å². The lowest BCUT2D eigenvalue weighted by Gasteiger charge is -2.09. The van der Waals surface area contributed by atoms with Gasteiger partial charge in [0, 0.05) is 13.2 Å². The van der Waals surface area contributed by atoms with Crippen molar-refractivity contribution in [3.8, 4) is 5.75 Å². The van der Waals surface area contributed by atoms with Crippen molar-refractivity contribution in [3.63, 3.8) is 0 Å². The quantitative estimate of drug-likeness (QED) is 0.499. The van der Waals surface area contributed by atoms with Crippen LogP contribution in [-0.4, -0.2) is 31.3 Å². The molecule has 16 heavy (non-hydrogen) atoms. The van der Waals surface area contributed by atoms with Crippen molar-refractivity contribution in [2.45, 2.75) is 6.42 Å². The highest BCUT2D eigenvalue weighted by Gasteiger charge is 2.11. The molecule has 1 amide bonds. The normalized spacial score (nSPS) is 9.88. The average Bonchev–Trinajstić information content (AvgIpc) is 2.29. The second-order valence-electron chi connectivity index (χ2n) is 3.25. The fraction of sp³-hybridized carbons (Fsp3) is 0.364. The average molecular weight is 224 g/mol. The Labute approximate surface area is 94.2 Å². The predicted molar refractivity (Wildman–Crippen MR) is 61.4 cm³/mol. The highest BCUT2D eigenvalue weighted by molar-refractivity contribution is 6.00. The maximum Gasteiger partial charge on any atom is 0.253 e. The number of methoxy groups -OCH3 is 1. The highest BCUT2D eigenvalue weighted by Crippen LogP contribution is 2.24. The van der Waals surface area contributed by atoms with E-state index >= 15 is 0 Å². The van der Waals surface area contributed by atoms with Crippen LogP contribution in [0.5, 0.6) is 5.75 Å². The van der Waals surface area contributed by atoms with Gasteiger partial charge in [-0.15, -0.1) is 0 Å². The van der Waals surface area contributed by atoms with E-state index in [4.69, 9.17) is 15.6 Å². The van der Waals surface area contributed by atoms with E-state index in [1.165, 1.54) is 7.11 Å². The standard InChI is InChI=1S/C11H16N2O3/c1-16-9-5-2-4-8(10(9)12)11(15)13-6-3-7-14/h2,4-5,14H,3,6-7,12H2,1H3,(H,13,15). The number of rotatable bonds is 5. The van der Waals surface area contributed by atoms with Crippen LogP contribution in [-0.2, 0) is 0 Å². The molecule has 0 aliphatic rings. The second-order valence-corrected chi connectivity index (χ2v) is 3.25. The number of benzene rings is 1. The van der Waals surface area contributed by atoms with Crippen LogP contribution in [0.3, 0.4) is 0 Å². The summed E-state index contributed by atoms with van der Waals surface area (Å²) >= 11 is 0. The Balaban J connectivity index is 2.75. The summed E-state index contributed by atoms with van der Waals surface area (Å²) in [5, 5.41) is 11.2. The highest BCUT2D eigenvalue weighted by atomic mass is 16.5. The zero-order valence-corrected chi connectivity index (χ0v) is 9.19. The number of nitrogens with two attached hydrogens (primary N) is 1. The third kappa shape index (κ3) is 2.87. The number of amides is 1. The van der Waals surface area contributed by atoms with E-state index in [0.717, 1.165) is 0 Å². The summed E-state index contributed by atoms with van der Waals surface area (Å²) < 4.78 is 5.02. The number of aliphatic hydroxyl groups is 1. The predicted octanol–water partition coefficient (Wildman–Crippen LogP) is 0.390. The summed E-state index contributed by atoms with van der Waals surface area (Å²) in [5.41, 5.74) is 6.48. The molecule has 0 aliphatic heterocycles. The van der Waals surface area contributed by atoms with Gasteiger partial charge in [0.2, 0.25) is 0 Å². The molecular formula is C11H16N2O3. The molecule has 1 rings (SSSR count). The molecule has 88 valence electrons. The first-order valence-corrected chi connectivity index (χ1v) is 5.02. The van der Waals surface area contributed by atoms with Gasteiger partial charge in [0.05, 0.1) is 18.4 Å². The Kier molecular flexibility index (Phi) is 4.60. The Bertz CT molecular complexity index is 366. The van der Waals surface area contributed by atoms with Crippen LogP contribution in [0.25, 0.3) is 0 Å². The SMILES string of the molecule is COc1cccc(C(=O)NCCCO)c1N. The minimum atomic E-state index is -0.259. The number of nitrogens with one attached hydrogen (secondary N) is 1. The number of aliphatic hydroxyl groups excluding tert-OH is 1. The molecule has 0 fully saturated rings.